The van der Waals surface area contributed by atoms with E-state index in [1.807, 2.05) is 48.5 Å². The molecule has 4 rings (SSSR count). The summed E-state index contributed by atoms with van der Waals surface area (Å²) < 4.78 is 1.02. The second-order valence-corrected chi connectivity index (χ2v) is 6.90. The van der Waals surface area contributed by atoms with E-state index in [1.54, 1.807) is 30.3 Å². The fraction of sp³-hybridized carbons (Fsp3) is 0.0833. The maximum absolute atomic E-state index is 12.9. The van der Waals surface area contributed by atoms with Gasteiger partial charge in [0.25, 0.3) is 11.5 Å². The van der Waals surface area contributed by atoms with Gasteiger partial charge in [0.15, 0.2) is 5.69 Å². The van der Waals surface area contributed by atoms with Gasteiger partial charge in [0.2, 0.25) is 5.91 Å². The standard InChI is InChI=1S/C24H20N4O3/c1-25-23(30)22-18-12-5-6-13-19(18)24(31)28(27-22)15-21(29)26-20-14-8-7-11-17(20)16-9-3-2-4-10-16/h2-14H,15H2,1H3,(H,25,30)(H,26,29). The number of carbonyl (C=O) groups is 2. The summed E-state index contributed by atoms with van der Waals surface area (Å²) in [6, 6.07) is 23.8. The molecule has 7 nitrogen and oxygen atoms in total. The first-order chi connectivity index (χ1) is 15.1. The number of nitrogens with one attached hydrogen (secondary N) is 2. The molecular formula is C24H20N4O3. The number of amides is 2. The molecule has 0 aliphatic rings. The zero-order valence-corrected chi connectivity index (χ0v) is 16.8. The van der Waals surface area contributed by atoms with Crippen molar-refractivity contribution in [2.24, 2.45) is 0 Å². The summed E-state index contributed by atoms with van der Waals surface area (Å²) in [6.45, 7) is -0.323. The van der Waals surface area contributed by atoms with Crippen LogP contribution in [0.1, 0.15) is 10.5 Å². The monoisotopic (exact) mass is 412 g/mol. The van der Waals surface area contributed by atoms with Crippen LogP contribution in [0.5, 0.6) is 0 Å². The Hall–Kier alpha value is -4.26. The molecule has 3 aromatic carbocycles. The van der Waals surface area contributed by atoms with E-state index >= 15 is 0 Å². The molecule has 0 saturated carbocycles. The van der Waals surface area contributed by atoms with Crippen molar-refractivity contribution in [3.05, 3.63) is 94.9 Å². The van der Waals surface area contributed by atoms with Crippen LogP contribution in [0, 0.1) is 0 Å². The van der Waals surface area contributed by atoms with Crippen molar-refractivity contribution in [2.75, 3.05) is 12.4 Å². The lowest BCUT2D eigenvalue weighted by Gasteiger charge is -2.13. The van der Waals surface area contributed by atoms with Gasteiger partial charge in [0.1, 0.15) is 6.54 Å². The summed E-state index contributed by atoms with van der Waals surface area (Å²) in [6.07, 6.45) is 0. The average molecular weight is 412 g/mol. The number of nitrogens with zero attached hydrogens (tertiary/aromatic N) is 2. The Morgan fingerprint density at radius 2 is 1.52 bits per heavy atom. The first kappa shape index (κ1) is 20.0. The van der Waals surface area contributed by atoms with Crippen molar-refractivity contribution in [3.8, 4) is 11.1 Å². The minimum absolute atomic E-state index is 0.0928. The summed E-state index contributed by atoms with van der Waals surface area (Å²) in [5.41, 5.74) is 2.10. The summed E-state index contributed by atoms with van der Waals surface area (Å²) in [5, 5.41) is 10.3. The fourth-order valence-electron chi connectivity index (χ4n) is 3.42. The molecule has 154 valence electrons. The Morgan fingerprint density at radius 1 is 0.871 bits per heavy atom. The van der Waals surface area contributed by atoms with E-state index in [0.29, 0.717) is 16.5 Å². The number of aromatic nitrogens is 2. The highest BCUT2D eigenvalue weighted by Crippen LogP contribution is 2.27. The van der Waals surface area contributed by atoms with Crippen molar-refractivity contribution in [1.29, 1.82) is 0 Å². The Balaban J connectivity index is 1.67. The second kappa shape index (κ2) is 8.62. The molecule has 0 spiro atoms. The number of fused-ring (bicyclic) bond motifs is 1. The van der Waals surface area contributed by atoms with Crippen LogP contribution in [0.25, 0.3) is 21.9 Å². The van der Waals surface area contributed by atoms with Crippen molar-refractivity contribution in [3.63, 3.8) is 0 Å². The molecule has 0 aliphatic heterocycles. The summed E-state index contributed by atoms with van der Waals surface area (Å²) in [4.78, 5) is 37.9. The van der Waals surface area contributed by atoms with Crippen LogP contribution in [0.2, 0.25) is 0 Å². The normalized spacial score (nSPS) is 10.6. The van der Waals surface area contributed by atoms with Gasteiger partial charge in [-0.2, -0.15) is 5.10 Å². The predicted molar refractivity (Wildman–Crippen MR) is 120 cm³/mol. The van der Waals surface area contributed by atoms with Gasteiger partial charge >= 0.3 is 0 Å². The smallest absolute Gasteiger partial charge is 0.275 e. The van der Waals surface area contributed by atoms with E-state index in [-0.39, 0.29) is 12.2 Å². The van der Waals surface area contributed by atoms with Crippen LogP contribution in [0.3, 0.4) is 0 Å². The second-order valence-electron chi connectivity index (χ2n) is 6.90. The molecule has 0 bridgehead atoms. The fourth-order valence-corrected chi connectivity index (χ4v) is 3.42. The lowest BCUT2D eigenvalue weighted by Crippen LogP contribution is -2.33. The maximum atomic E-state index is 12.9. The number of hydrogen-bond donors (Lipinski definition) is 2. The molecule has 2 amide bonds. The lowest BCUT2D eigenvalue weighted by molar-refractivity contribution is -0.117. The van der Waals surface area contributed by atoms with Crippen molar-refractivity contribution in [1.82, 2.24) is 15.1 Å². The third-order valence-electron chi connectivity index (χ3n) is 4.89. The van der Waals surface area contributed by atoms with Gasteiger partial charge in [-0.1, -0.05) is 66.7 Å². The molecule has 4 aromatic rings. The molecule has 1 aromatic heterocycles. The van der Waals surface area contributed by atoms with Crippen LogP contribution in [0.15, 0.2) is 83.7 Å². The van der Waals surface area contributed by atoms with Gasteiger partial charge in [-0.05, 0) is 17.7 Å². The molecule has 0 unspecified atom stereocenters. The molecule has 0 fully saturated rings. The number of benzene rings is 3. The van der Waals surface area contributed by atoms with E-state index in [4.69, 9.17) is 0 Å². The molecule has 0 aliphatic carbocycles. The summed E-state index contributed by atoms with van der Waals surface area (Å²) >= 11 is 0. The number of anilines is 1. The molecule has 1 heterocycles. The summed E-state index contributed by atoms with van der Waals surface area (Å²) in [5.74, 6) is -0.851. The molecular weight excluding hydrogens is 392 g/mol. The SMILES string of the molecule is CNC(=O)c1nn(CC(=O)Nc2ccccc2-c2ccccc2)c(=O)c2ccccc12. The Morgan fingerprint density at radius 3 is 2.26 bits per heavy atom. The minimum Gasteiger partial charge on any atom is -0.354 e. The quantitative estimate of drug-likeness (QED) is 0.527. The number of para-hydroxylation sites is 1. The van der Waals surface area contributed by atoms with E-state index < -0.39 is 17.4 Å². The Bertz CT molecular complexity index is 1330. The van der Waals surface area contributed by atoms with Crippen molar-refractivity contribution >= 4 is 28.3 Å². The van der Waals surface area contributed by atoms with Crippen LogP contribution in [0.4, 0.5) is 5.69 Å². The van der Waals surface area contributed by atoms with E-state index in [9.17, 15) is 14.4 Å². The van der Waals surface area contributed by atoms with E-state index in [2.05, 4.69) is 15.7 Å². The van der Waals surface area contributed by atoms with Crippen molar-refractivity contribution < 1.29 is 9.59 Å². The molecule has 0 radical (unpaired) electrons. The number of rotatable bonds is 5. The van der Waals surface area contributed by atoms with E-state index in [1.165, 1.54) is 7.05 Å². The van der Waals surface area contributed by atoms with E-state index in [0.717, 1.165) is 15.8 Å². The van der Waals surface area contributed by atoms with Gasteiger partial charge in [0, 0.05) is 23.7 Å². The number of carbonyl (C=O) groups excluding carboxylic acids is 2. The Kier molecular flexibility index (Phi) is 5.57. The topological polar surface area (TPSA) is 93.1 Å². The van der Waals surface area contributed by atoms with Crippen molar-refractivity contribution in [2.45, 2.75) is 6.54 Å². The van der Waals surface area contributed by atoms with Crippen LogP contribution in [-0.4, -0.2) is 28.6 Å². The molecule has 7 heteroatoms. The van der Waals surface area contributed by atoms with Gasteiger partial charge in [-0.15, -0.1) is 0 Å². The molecule has 31 heavy (non-hydrogen) atoms. The average Bonchev–Trinajstić information content (AvgIpc) is 2.81. The molecule has 2 N–H and O–H groups in total. The van der Waals surface area contributed by atoms with Crippen LogP contribution >= 0.6 is 0 Å². The largest absolute Gasteiger partial charge is 0.354 e. The van der Waals surface area contributed by atoms with Gasteiger partial charge < -0.3 is 10.6 Å². The predicted octanol–water partition coefficient (Wildman–Crippen LogP) is 3.06. The zero-order chi connectivity index (χ0) is 21.8. The zero-order valence-electron chi connectivity index (χ0n) is 16.8. The third-order valence-corrected chi connectivity index (χ3v) is 4.89. The maximum Gasteiger partial charge on any atom is 0.275 e. The van der Waals surface area contributed by atoms with Gasteiger partial charge in [0.05, 0.1) is 5.39 Å². The van der Waals surface area contributed by atoms with Crippen LogP contribution in [-0.2, 0) is 11.3 Å². The molecule has 0 atom stereocenters. The van der Waals surface area contributed by atoms with Crippen LogP contribution < -0.4 is 16.2 Å². The number of hydrogen-bond acceptors (Lipinski definition) is 4. The summed E-state index contributed by atoms with van der Waals surface area (Å²) in [7, 11) is 1.49. The van der Waals surface area contributed by atoms with Gasteiger partial charge in [-0.3, -0.25) is 14.4 Å². The minimum atomic E-state index is -0.435. The highest BCUT2D eigenvalue weighted by molar-refractivity contribution is 6.04. The highest BCUT2D eigenvalue weighted by atomic mass is 16.2. The molecule has 0 saturated heterocycles. The highest BCUT2D eigenvalue weighted by Gasteiger charge is 2.17. The Labute approximate surface area is 178 Å². The van der Waals surface area contributed by atoms with Gasteiger partial charge in [-0.25, -0.2) is 4.68 Å². The lowest BCUT2D eigenvalue weighted by atomic mass is 10.0. The first-order valence-electron chi connectivity index (χ1n) is 9.74. The third kappa shape index (κ3) is 4.06. The first-order valence-corrected chi connectivity index (χ1v) is 9.74.